The van der Waals surface area contributed by atoms with Crippen molar-refractivity contribution in [3.05, 3.63) is 53.9 Å². The third-order valence-corrected chi connectivity index (χ3v) is 3.00. The van der Waals surface area contributed by atoms with Gasteiger partial charge in [-0.05, 0) is 25.0 Å². The second kappa shape index (κ2) is 6.29. The van der Waals surface area contributed by atoms with Gasteiger partial charge in [-0.3, -0.25) is 0 Å². The highest BCUT2D eigenvalue weighted by Crippen LogP contribution is 2.09. The molecule has 0 saturated carbocycles. The highest BCUT2D eigenvalue weighted by molar-refractivity contribution is 5.27. The number of aliphatic hydroxyl groups is 1. The number of hydrogen-bond donors (Lipinski definition) is 2. The second-order valence-electron chi connectivity index (χ2n) is 4.77. The summed E-state index contributed by atoms with van der Waals surface area (Å²) in [5, 5.41) is 13.3. The third-order valence-electron chi connectivity index (χ3n) is 3.00. The van der Waals surface area contributed by atoms with Gasteiger partial charge in [-0.25, -0.2) is 9.97 Å². The Balaban J connectivity index is 1.92. The van der Waals surface area contributed by atoms with Gasteiger partial charge in [0.05, 0.1) is 12.1 Å². The van der Waals surface area contributed by atoms with E-state index >= 15 is 0 Å². The molecule has 2 rings (SSSR count). The summed E-state index contributed by atoms with van der Waals surface area (Å²) in [6.45, 7) is 3.87. The van der Waals surface area contributed by atoms with Crippen molar-refractivity contribution in [2.75, 3.05) is 5.32 Å². The van der Waals surface area contributed by atoms with E-state index in [9.17, 15) is 5.11 Å². The van der Waals surface area contributed by atoms with Crippen molar-refractivity contribution in [2.24, 2.45) is 0 Å². The van der Waals surface area contributed by atoms with Gasteiger partial charge < -0.3 is 10.4 Å². The lowest BCUT2D eigenvalue weighted by atomic mass is 10.0. The SMILES string of the molecule is Cc1cnc(NC(C)C(O)Cc2ccccc2)nc1. The average Bonchev–Trinajstić information content (AvgIpc) is 2.42. The number of hydrogen-bond acceptors (Lipinski definition) is 4. The summed E-state index contributed by atoms with van der Waals surface area (Å²) in [7, 11) is 0. The van der Waals surface area contributed by atoms with Gasteiger partial charge in [0, 0.05) is 18.8 Å². The number of benzene rings is 1. The zero-order chi connectivity index (χ0) is 13.7. The molecular weight excluding hydrogens is 238 g/mol. The van der Waals surface area contributed by atoms with Gasteiger partial charge in [0.2, 0.25) is 5.95 Å². The van der Waals surface area contributed by atoms with Crippen LogP contribution in [0.4, 0.5) is 5.95 Å². The monoisotopic (exact) mass is 257 g/mol. The van der Waals surface area contributed by atoms with Gasteiger partial charge >= 0.3 is 0 Å². The lowest BCUT2D eigenvalue weighted by molar-refractivity contribution is 0.158. The Morgan fingerprint density at radius 2 is 1.79 bits per heavy atom. The molecule has 2 N–H and O–H groups in total. The highest BCUT2D eigenvalue weighted by atomic mass is 16.3. The predicted molar refractivity (Wildman–Crippen MR) is 76.0 cm³/mol. The Labute approximate surface area is 113 Å². The molecule has 4 nitrogen and oxygen atoms in total. The number of aryl methyl sites for hydroxylation is 1. The molecule has 1 aromatic heterocycles. The molecule has 0 amide bonds. The molecule has 0 bridgehead atoms. The molecule has 0 fully saturated rings. The summed E-state index contributed by atoms with van der Waals surface area (Å²) in [4.78, 5) is 8.35. The summed E-state index contributed by atoms with van der Waals surface area (Å²) in [6.07, 6.45) is 3.64. The van der Waals surface area contributed by atoms with Crippen LogP contribution in [-0.4, -0.2) is 27.2 Å². The third kappa shape index (κ3) is 4.03. The fourth-order valence-electron chi connectivity index (χ4n) is 1.80. The van der Waals surface area contributed by atoms with Crippen molar-refractivity contribution in [3.8, 4) is 0 Å². The zero-order valence-electron chi connectivity index (χ0n) is 11.2. The van der Waals surface area contributed by atoms with Crippen LogP contribution in [0.15, 0.2) is 42.7 Å². The Bertz CT molecular complexity index is 499. The first-order valence-corrected chi connectivity index (χ1v) is 6.42. The summed E-state index contributed by atoms with van der Waals surface area (Å²) in [5.41, 5.74) is 2.14. The van der Waals surface area contributed by atoms with Crippen LogP contribution in [0, 0.1) is 6.92 Å². The van der Waals surface area contributed by atoms with E-state index < -0.39 is 6.10 Å². The van der Waals surface area contributed by atoms with Crippen LogP contribution in [-0.2, 0) is 6.42 Å². The average molecular weight is 257 g/mol. The Morgan fingerprint density at radius 3 is 2.42 bits per heavy atom. The first-order chi connectivity index (χ1) is 9.15. The van der Waals surface area contributed by atoms with Crippen LogP contribution >= 0.6 is 0 Å². The number of aliphatic hydroxyl groups excluding tert-OH is 1. The molecule has 0 saturated heterocycles. The van der Waals surface area contributed by atoms with E-state index in [1.54, 1.807) is 12.4 Å². The van der Waals surface area contributed by atoms with Crippen molar-refractivity contribution >= 4 is 5.95 Å². The van der Waals surface area contributed by atoms with Gasteiger partial charge in [0.1, 0.15) is 0 Å². The molecule has 0 aliphatic heterocycles. The van der Waals surface area contributed by atoms with Gasteiger partial charge in [0.15, 0.2) is 0 Å². The summed E-state index contributed by atoms with van der Waals surface area (Å²) >= 11 is 0. The molecule has 100 valence electrons. The Kier molecular flexibility index (Phi) is 4.47. The molecule has 0 aliphatic rings. The van der Waals surface area contributed by atoms with Crippen LogP contribution in [0.3, 0.4) is 0 Å². The maximum atomic E-state index is 10.2. The normalized spacial score (nSPS) is 13.8. The van der Waals surface area contributed by atoms with E-state index in [4.69, 9.17) is 0 Å². The van der Waals surface area contributed by atoms with Crippen LogP contribution in [0.5, 0.6) is 0 Å². The number of nitrogens with zero attached hydrogens (tertiary/aromatic N) is 2. The van der Waals surface area contributed by atoms with E-state index in [2.05, 4.69) is 15.3 Å². The van der Waals surface area contributed by atoms with Crippen LogP contribution in [0.1, 0.15) is 18.1 Å². The van der Waals surface area contributed by atoms with Gasteiger partial charge in [-0.15, -0.1) is 0 Å². The summed E-state index contributed by atoms with van der Waals surface area (Å²) < 4.78 is 0. The molecule has 2 atom stereocenters. The zero-order valence-corrected chi connectivity index (χ0v) is 11.2. The van der Waals surface area contributed by atoms with E-state index in [-0.39, 0.29) is 6.04 Å². The molecule has 1 heterocycles. The van der Waals surface area contributed by atoms with Gasteiger partial charge in [0.25, 0.3) is 0 Å². The number of anilines is 1. The predicted octanol–water partition coefficient (Wildman–Crippen LogP) is 2.19. The summed E-state index contributed by atoms with van der Waals surface area (Å²) in [5.74, 6) is 0.546. The topological polar surface area (TPSA) is 58.0 Å². The van der Waals surface area contributed by atoms with Crippen molar-refractivity contribution in [1.82, 2.24) is 9.97 Å². The first kappa shape index (κ1) is 13.5. The minimum atomic E-state index is -0.479. The number of nitrogens with one attached hydrogen (secondary N) is 1. The van der Waals surface area contributed by atoms with Gasteiger partial charge in [-0.1, -0.05) is 30.3 Å². The molecule has 0 aliphatic carbocycles. The maximum absolute atomic E-state index is 10.2. The van der Waals surface area contributed by atoms with Crippen molar-refractivity contribution < 1.29 is 5.11 Å². The van der Waals surface area contributed by atoms with Crippen molar-refractivity contribution in [2.45, 2.75) is 32.4 Å². The van der Waals surface area contributed by atoms with E-state index in [0.717, 1.165) is 11.1 Å². The lowest BCUT2D eigenvalue weighted by Crippen LogP contribution is -2.33. The summed E-state index contributed by atoms with van der Waals surface area (Å²) in [6, 6.07) is 9.84. The van der Waals surface area contributed by atoms with Crippen LogP contribution in [0.25, 0.3) is 0 Å². The quantitative estimate of drug-likeness (QED) is 0.862. The molecule has 2 unspecified atom stereocenters. The van der Waals surface area contributed by atoms with Crippen LogP contribution < -0.4 is 5.32 Å². The minimum absolute atomic E-state index is 0.108. The largest absolute Gasteiger partial charge is 0.391 e. The standard InChI is InChI=1S/C15H19N3O/c1-11-9-16-15(17-10-11)18-12(2)14(19)8-13-6-4-3-5-7-13/h3-7,9-10,12,14,19H,8H2,1-2H3,(H,16,17,18). The Hall–Kier alpha value is -1.94. The second-order valence-corrected chi connectivity index (χ2v) is 4.77. The maximum Gasteiger partial charge on any atom is 0.222 e. The minimum Gasteiger partial charge on any atom is -0.391 e. The number of rotatable bonds is 5. The highest BCUT2D eigenvalue weighted by Gasteiger charge is 2.15. The molecular formula is C15H19N3O. The van der Waals surface area contributed by atoms with E-state index in [1.807, 2.05) is 44.2 Å². The van der Waals surface area contributed by atoms with E-state index in [0.29, 0.717) is 12.4 Å². The molecule has 4 heteroatoms. The lowest BCUT2D eigenvalue weighted by Gasteiger charge is -2.20. The van der Waals surface area contributed by atoms with Gasteiger partial charge in [-0.2, -0.15) is 0 Å². The molecule has 0 radical (unpaired) electrons. The first-order valence-electron chi connectivity index (χ1n) is 6.42. The fourth-order valence-corrected chi connectivity index (χ4v) is 1.80. The van der Waals surface area contributed by atoms with Crippen LogP contribution in [0.2, 0.25) is 0 Å². The molecule has 19 heavy (non-hydrogen) atoms. The van der Waals surface area contributed by atoms with E-state index in [1.165, 1.54) is 0 Å². The molecule has 1 aromatic carbocycles. The Morgan fingerprint density at radius 1 is 1.16 bits per heavy atom. The fraction of sp³-hybridized carbons (Fsp3) is 0.333. The molecule has 2 aromatic rings. The van der Waals surface area contributed by atoms with Crippen molar-refractivity contribution in [1.29, 1.82) is 0 Å². The number of aromatic nitrogens is 2. The smallest absolute Gasteiger partial charge is 0.222 e. The molecule has 0 spiro atoms. The van der Waals surface area contributed by atoms with Crippen molar-refractivity contribution in [3.63, 3.8) is 0 Å².